The van der Waals surface area contributed by atoms with E-state index in [0.717, 1.165) is 29.5 Å². The van der Waals surface area contributed by atoms with Crippen LogP contribution < -0.4 is 4.83 Å². The molecule has 0 aromatic heterocycles. The van der Waals surface area contributed by atoms with E-state index in [1.807, 2.05) is 56.3 Å². The Hall–Kier alpha value is -1.93. The number of rotatable bonds is 4. The third kappa shape index (κ3) is 4.80. The predicted molar refractivity (Wildman–Crippen MR) is 123 cm³/mol. The van der Waals surface area contributed by atoms with Crippen LogP contribution in [0.1, 0.15) is 36.5 Å². The molecule has 8 heteroatoms. The second kappa shape index (κ2) is 9.28. The molecule has 0 amide bonds. The van der Waals surface area contributed by atoms with E-state index < -0.39 is 16.8 Å². The minimum Gasteiger partial charge on any atom is -0.352 e. The number of amidine groups is 1. The number of halogens is 1. The normalized spacial score (nSPS) is 22.0. The summed E-state index contributed by atoms with van der Waals surface area (Å²) in [6, 6.07) is 13.5. The molecule has 2 aromatic carbocycles. The van der Waals surface area contributed by atoms with Crippen molar-refractivity contribution in [3.05, 3.63) is 64.2 Å². The Morgan fingerprint density at radius 3 is 2.55 bits per heavy atom. The molecule has 1 spiro atoms. The molecule has 2 atom stereocenters. The summed E-state index contributed by atoms with van der Waals surface area (Å²) in [7, 11) is -1.48. The first kappa shape index (κ1) is 22.3. The molecule has 1 N–H and O–H groups in total. The first-order valence-electron chi connectivity index (χ1n) is 10.5. The van der Waals surface area contributed by atoms with Gasteiger partial charge < -0.3 is 14.4 Å². The second-order valence-electron chi connectivity index (χ2n) is 8.14. The molecule has 2 fully saturated rings. The van der Waals surface area contributed by atoms with Crippen LogP contribution in [0.2, 0.25) is 5.02 Å². The van der Waals surface area contributed by atoms with Crippen molar-refractivity contribution in [2.45, 2.75) is 50.3 Å². The number of ether oxygens (including phenoxy) is 2. The van der Waals surface area contributed by atoms with Crippen molar-refractivity contribution in [1.82, 2.24) is 9.73 Å². The molecule has 0 bridgehead atoms. The van der Waals surface area contributed by atoms with Crippen LogP contribution in [0.3, 0.4) is 0 Å². The lowest BCUT2D eigenvalue weighted by Gasteiger charge is -2.43. The third-order valence-electron chi connectivity index (χ3n) is 5.87. The van der Waals surface area contributed by atoms with Gasteiger partial charge in [-0.15, -0.1) is 5.10 Å². The smallest absolute Gasteiger partial charge is 0.172 e. The number of benzene rings is 2. The molecule has 2 aliphatic rings. The van der Waals surface area contributed by atoms with Gasteiger partial charge in [0.25, 0.3) is 0 Å². The van der Waals surface area contributed by atoms with Crippen molar-refractivity contribution in [2.24, 2.45) is 5.10 Å². The first-order valence-corrected chi connectivity index (χ1v) is 12.0. The zero-order valence-corrected chi connectivity index (χ0v) is 19.6. The predicted octanol–water partition coefficient (Wildman–Crippen LogP) is 4.16. The second-order valence-corrected chi connectivity index (χ2v) is 9.74. The van der Waals surface area contributed by atoms with Crippen molar-refractivity contribution in [1.29, 1.82) is 0 Å². The fourth-order valence-corrected chi connectivity index (χ4v) is 5.19. The van der Waals surface area contributed by atoms with Gasteiger partial charge in [0, 0.05) is 31.0 Å². The van der Waals surface area contributed by atoms with Crippen LogP contribution in [-0.2, 0) is 20.5 Å². The molecule has 2 aromatic rings. The lowest BCUT2D eigenvalue weighted by Crippen LogP contribution is -2.52. The maximum atomic E-state index is 12.8. The topological polar surface area (TPSA) is 63.2 Å². The molecule has 2 saturated heterocycles. The molecule has 0 saturated carbocycles. The van der Waals surface area contributed by atoms with E-state index in [1.165, 1.54) is 0 Å². The number of aryl methyl sites for hydroxylation is 2. The SMILES string of the molecule is Cc1ccc(S(=O)N/N=C(\c2c(C)cccc2Cl)N2CCC3(CC2C)OCCO3)cc1. The number of nitrogens with zero attached hydrogens (tertiary/aromatic N) is 2. The van der Waals surface area contributed by atoms with Gasteiger partial charge in [0.15, 0.2) is 22.6 Å². The lowest BCUT2D eigenvalue weighted by atomic mass is 9.95. The van der Waals surface area contributed by atoms with Crippen molar-refractivity contribution in [2.75, 3.05) is 19.8 Å². The van der Waals surface area contributed by atoms with Crippen LogP contribution >= 0.6 is 11.6 Å². The van der Waals surface area contributed by atoms with Crippen molar-refractivity contribution in [3.8, 4) is 0 Å². The standard InChI is InChI=1S/C23H28ClN3O3S/c1-16-7-9-19(10-8-16)31(28)26-25-22(21-17(2)5-4-6-20(21)24)27-12-11-23(15-18(27)3)29-13-14-30-23/h4-10,18,26H,11-15H2,1-3H3/b25-22+. The zero-order chi connectivity index (χ0) is 22.0. The van der Waals surface area contributed by atoms with Crippen molar-refractivity contribution in [3.63, 3.8) is 0 Å². The summed E-state index contributed by atoms with van der Waals surface area (Å²) in [5.41, 5.74) is 2.97. The van der Waals surface area contributed by atoms with Gasteiger partial charge in [0.2, 0.25) is 0 Å². The van der Waals surface area contributed by atoms with Gasteiger partial charge in [0.05, 0.1) is 23.1 Å². The minimum absolute atomic E-state index is 0.107. The van der Waals surface area contributed by atoms with Crippen molar-refractivity contribution < 1.29 is 13.7 Å². The zero-order valence-electron chi connectivity index (χ0n) is 18.1. The highest BCUT2D eigenvalue weighted by Crippen LogP contribution is 2.36. The minimum atomic E-state index is -1.48. The molecule has 2 unspecified atom stereocenters. The molecule has 6 nitrogen and oxygen atoms in total. The van der Waals surface area contributed by atoms with Crippen LogP contribution in [0.15, 0.2) is 52.5 Å². The Kier molecular flexibility index (Phi) is 6.67. The van der Waals surface area contributed by atoms with Crippen LogP contribution in [0, 0.1) is 13.8 Å². The van der Waals surface area contributed by atoms with Crippen molar-refractivity contribution >= 4 is 28.4 Å². The van der Waals surface area contributed by atoms with Crippen LogP contribution in [0.5, 0.6) is 0 Å². The van der Waals surface area contributed by atoms with Crippen LogP contribution in [-0.4, -0.2) is 46.5 Å². The van der Waals surface area contributed by atoms with E-state index in [1.54, 1.807) is 0 Å². The lowest BCUT2D eigenvalue weighted by molar-refractivity contribution is -0.188. The van der Waals surface area contributed by atoms with E-state index in [9.17, 15) is 4.21 Å². The highest BCUT2D eigenvalue weighted by molar-refractivity contribution is 7.83. The Morgan fingerprint density at radius 1 is 1.19 bits per heavy atom. The van der Waals surface area contributed by atoms with Gasteiger partial charge in [-0.3, -0.25) is 0 Å². The fraction of sp³-hybridized carbons (Fsp3) is 0.435. The highest BCUT2D eigenvalue weighted by Gasteiger charge is 2.44. The quantitative estimate of drug-likeness (QED) is 0.422. The average Bonchev–Trinajstić information content (AvgIpc) is 3.18. The summed E-state index contributed by atoms with van der Waals surface area (Å²) < 4.78 is 24.7. The Balaban J connectivity index is 1.64. The summed E-state index contributed by atoms with van der Waals surface area (Å²) in [5, 5.41) is 5.24. The number of hydrogen-bond donors (Lipinski definition) is 1. The van der Waals surface area contributed by atoms with Gasteiger partial charge in [-0.05, 0) is 44.5 Å². The summed E-state index contributed by atoms with van der Waals surface area (Å²) in [5.74, 6) is 0.179. The Labute approximate surface area is 191 Å². The maximum Gasteiger partial charge on any atom is 0.172 e. The molecular weight excluding hydrogens is 434 g/mol. The largest absolute Gasteiger partial charge is 0.352 e. The van der Waals surface area contributed by atoms with E-state index >= 15 is 0 Å². The summed E-state index contributed by atoms with van der Waals surface area (Å²) in [6.45, 7) is 8.10. The van der Waals surface area contributed by atoms with Gasteiger partial charge in [-0.2, -0.15) is 0 Å². The number of nitrogens with one attached hydrogen (secondary N) is 1. The molecule has 2 heterocycles. The average molecular weight is 462 g/mol. The molecular formula is C23H28ClN3O3S. The summed E-state index contributed by atoms with van der Waals surface area (Å²) in [4.78, 5) is 5.72. The van der Waals surface area contributed by atoms with Gasteiger partial charge in [-0.1, -0.05) is 41.4 Å². The molecule has 31 heavy (non-hydrogen) atoms. The van der Waals surface area contributed by atoms with E-state index in [4.69, 9.17) is 21.1 Å². The molecule has 0 aliphatic carbocycles. The van der Waals surface area contributed by atoms with Crippen LogP contribution in [0.4, 0.5) is 0 Å². The number of likely N-dealkylation sites (tertiary alicyclic amines) is 1. The fourth-order valence-electron chi connectivity index (χ4n) is 4.23. The van der Waals surface area contributed by atoms with Gasteiger partial charge in [0.1, 0.15) is 0 Å². The van der Waals surface area contributed by atoms with E-state index in [0.29, 0.717) is 35.5 Å². The van der Waals surface area contributed by atoms with Crippen LogP contribution in [0.25, 0.3) is 0 Å². The number of hydrazone groups is 1. The molecule has 4 rings (SSSR count). The number of piperidine rings is 1. The molecule has 166 valence electrons. The first-order chi connectivity index (χ1) is 14.9. The summed E-state index contributed by atoms with van der Waals surface area (Å²) >= 11 is 6.60. The molecule has 0 radical (unpaired) electrons. The Morgan fingerprint density at radius 2 is 1.90 bits per heavy atom. The molecule has 2 aliphatic heterocycles. The van der Waals surface area contributed by atoms with E-state index in [-0.39, 0.29) is 6.04 Å². The van der Waals surface area contributed by atoms with Gasteiger partial charge in [-0.25, -0.2) is 9.04 Å². The third-order valence-corrected chi connectivity index (χ3v) is 7.15. The monoisotopic (exact) mass is 461 g/mol. The summed E-state index contributed by atoms with van der Waals surface area (Å²) in [6.07, 6.45) is 1.47. The van der Waals surface area contributed by atoms with E-state index in [2.05, 4.69) is 21.8 Å². The highest BCUT2D eigenvalue weighted by atomic mass is 35.5. The Bertz CT molecular complexity index is 970. The number of hydrogen-bond acceptors (Lipinski definition) is 4. The van der Waals surface area contributed by atoms with Gasteiger partial charge >= 0.3 is 0 Å². The maximum absolute atomic E-state index is 12.8.